The molecule has 0 radical (unpaired) electrons. The first-order chi connectivity index (χ1) is 12.9. The summed E-state index contributed by atoms with van der Waals surface area (Å²) in [5.41, 5.74) is 1.96. The summed E-state index contributed by atoms with van der Waals surface area (Å²) in [4.78, 5) is 30.2. The van der Waals surface area contributed by atoms with E-state index in [0.717, 1.165) is 19.5 Å². The van der Waals surface area contributed by atoms with Gasteiger partial charge < -0.3 is 15.5 Å². The van der Waals surface area contributed by atoms with Crippen molar-refractivity contribution in [2.45, 2.75) is 33.2 Å². The molecule has 0 aliphatic rings. The quantitative estimate of drug-likeness (QED) is 0.614. The highest BCUT2D eigenvalue weighted by Crippen LogP contribution is 2.16. The second kappa shape index (κ2) is 10.8. The zero-order chi connectivity index (χ0) is 19.6. The molecule has 0 spiro atoms. The SMILES string of the molecule is CC(C)C(=O)Nc1nc(CC(=O)NCCCN(C)Cc2ccccc2)cs1. The van der Waals surface area contributed by atoms with E-state index in [1.807, 2.05) is 37.4 Å². The van der Waals surface area contributed by atoms with Crippen LogP contribution in [0.5, 0.6) is 0 Å². The van der Waals surface area contributed by atoms with Crippen molar-refractivity contribution in [3.63, 3.8) is 0 Å². The van der Waals surface area contributed by atoms with Gasteiger partial charge in [-0.2, -0.15) is 0 Å². The van der Waals surface area contributed by atoms with E-state index in [9.17, 15) is 9.59 Å². The molecule has 1 aromatic carbocycles. The number of carbonyl (C=O) groups is 2. The van der Waals surface area contributed by atoms with Gasteiger partial charge in [-0.1, -0.05) is 44.2 Å². The van der Waals surface area contributed by atoms with Crippen LogP contribution < -0.4 is 10.6 Å². The first-order valence-electron chi connectivity index (χ1n) is 9.18. The lowest BCUT2D eigenvalue weighted by atomic mass is 10.2. The summed E-state index contributed by atoms with van der Waals surface area (Å²) < 4.78 is 0. The fraction of sp³-hybridized carbons (Fsp3) is 0.450. The standard InChI is InChI=1S/C20H28N4O2S/c1-15(2)19(26)23-20-22-17(14-27-20)12-18(25)21-10-7-11-24(3)13-16-8-5-4-6-9-16/h4-6,8-9,14-15H,7,10-13H2,1-3H3,(H,21,25)(H,22,23,26). The van der Waals surface area contributed by atoms with Crippen LogP contribution in [0.1, 0.15) is 31.5 Å². The molecule has 0 aliphatic carbocycles. The molecule has 0 aliphatic heterocycles. The van der Waals surface area contributed by atoms with E-state index in [1.165, 1.54) is 16.9 Å². The maximum Gasteiger partial charge on any atom is 0.228 e. The van der Waals surface area contributed by atoms with E-state index in [0.29, 0.717) is 17.4 Å². The highest BCUT2D eigenvalue weighted by molar-refractivity contribution is 7.13. The molecule has 0 saturated heterocycles. The zero-order valence-corrected chi connectivity index (χ0v) is 17.0. The molecule has 7 heteroatoms. The zero-order valence-electron chi connectivity index (χ0n) is 16.2. The molecule has 0 atom stereocenters. The van der Waals surface area contributed by atoms with Crippen LogP contribution in [0.3, 0.4) is 0 Å². The molecule has 27 heavy (non-hydrogen) atoms. The van der Waals surface area contributed by atoms with Gasteiger partial charge in [0.15, 0.2) is 5.13 Å². The normalized spacial score (nSPS) is 11.0. The van der Waals surface area contributed by atoms with Gasteiger partial charge in [-0.3, -0.25) is 9.59 Å². The minimum absolute atomic E-state index is 0.0484. The Bertz CT molecular complexity index is 731. The fourth-order valence-electron chi connectivity index (χ4n) is 2.47. The molecule has 1 aromatic heterocycles. The van der Waals surface area contributed by atoms with Gasteiger partial charge in [0.2, 0.25) is 11.8 Å². The van der Waals surface area contributed by atoms with Crippen LogP contribution in [-0.4, -0.2) is 41.8 Å². The lowest BCUT2D eigenvalue weighted by molar-refractivity contribution is -0.120. The Balaban J connectivity index is 1.63. The third kappa shape index (κ3) is 7.88. The Morgan fingerprint density at radius 3 is 2.67 bits per heavy atom. The maximum absolute atomic E-state index is 12.0. The van der Waals surface area contributed by atoms with Crippen molar-refractivity contribution in [3.05, 3.63) is 47.0 Å². The molecule has 146 valence electrons. The van der Waals surface area contributed by atoms with E-state index < -0.39 is 0 Å². The predicted octanol–water partition coefficient (Wildman–Crippen LogP) is 2.92. The molecule has 6 nitrogen and oxygen atoms in total. The first kappa shape index (κ1) is 21.1. The van der Waals surface area contributed by atoms with Gasteiger partial charge in [0.05, 0.1) is 12.1 Å². The van der Waals surface area contributed by atoms with E-state index in [1.54, 1.807) is 0 Å². The number of thiazole rings is 1. The van der Waals surface area contributed by atoms with Gasteiger partial charge in [-0.25, -0.2) is 4.98 Å². The molecule has 0 bridgehead atoms. The van der Waals surface area contributed by atoms with Crippen molar-refractivity contribution in [1.29, 1.82) is 0 Å². The molecular formula is C20H28N4O2S. The minimum atomic E-state index is -0.0966. The topological polar surface area (TPSA) is 74.3 Å². The number of hydrogen-bond donors (Lipinski definition) is 2. The summed E-state index contributed by atoms with van der Waals surface area (Å²) >= 11 is 1.34. The second-order valence-electron chi connectivity index (χ2n) is 6.89. The van der Waals surface area contributed by atoms with E-state index in [4.69, 9.17) is 0 Å². The van der Waals surface area contributed by atoms with Crippen LogP contribution in [0.2, 0.25) is 0 Å². The molecule has 0 saturated carbocycles. The van der Waals surface area contributed by atoms with Crippen molar-refractivity contribution in [2.24, 2.45) is 5.92 Å². The number of carbonyl (C=O) groups excluding carboxylic acids is 2. The van der Waals surface area contributed by atoms with Crippen LogP contribution in [0.25, 0.3) is 0 Å². The van der Waals surface area contributed by atoms with Crippen molar-refractivity contribution < 1.29 is 9.59 Å². The van der Waals surface area contributed by atoms with Crippen LogP contribution in [0, 0.1) is 5.92 Å². The van der Waals surface area contributed by atoms with E-state index >= 15 is 0 Å². The van der Waals surface area contributed by atoms with Crippen molar-refractivity contribution in [1.82, 2.24) is 15.2 Å². The van der Waals surface area contributed by atoms with Crippen molar-refractivity contribution >= 4 is 28.3 Å². The van der Waals surface area contributed by atoms with Gasteiger partial charge in [0.1, 0.15) is 0 Å². The summed E-state index contributed by atoms with van der Waals surface area (Å²) in [5.74, 6) is -0.214. The average molecular weight is 389 g/mol. The van der Waals surface area contributed by atoms with Crippen LogP contribution >= 0.6 is 11.3 Å². The molecule has 2 rings (SSSR count). The van der Waals surface area contributed by atoms with Gasteiger partial charge in [0.25, 0.3) is 0 Å². The van der Waals surface area contributed by atoms with Crippen molar-refractivity contribution in [2.75, 3.05) is 25.5 Å². The largest absolute Gasteiger partial charge is 0.356 e. The van der Waals surface area contributed by atoms with Gasteiger partial charge in [0, 0.05) is 24.4 Å². The fourth-order valence-corrected chi connectivity index (χ4v) is 3.19. The number of nitrogens with zero attached hydrogens (tertiary/aromatic N) is 2. The van der Waals surface area contributed by atoms with E-state index in [-0.39, 0.29) is 24.2 Å². The molecule has 0 unspecified atom stereocenters. The predicted molar refractivity (Wildman–Crippen MR) is 110 cm³/mol. The third-order valence-corrected chi connectivity index (χ3v) is 4.79. The monoisotopic (exact) mass is 388 g/mol. The number of rotatable bonds is 10. The lowest BCUT2D eigenvalue weighted by Crippen LogP contribution is -2.29. The van der Waals surface area contributed by atoms with Crippen molar-refractivity contribution in [3.8, 4) is 0 Å². The second-order valence-corrected chi connectivity index (χ2v) is 7.75. The Hall–Kier alpha value is -2.25. The maximum atomic E-state index is 12.0. The summed E-state index contributed by atoms with van der Waals surface area (Å²) in [6.45, 7) is 6.11. The summed E-state index contributed by atoms with van der Waals surface area (Å²) in [6.07, 6.45) is 1.12. The third-order valence-electron chi connectivity index (χ3n) is 3.98. The number of aromatic nitrogens is 1. The van der Waals surface area contributed by atoms with Gasteiger partial charge >= 0.3 is 0 Å². The van der Waals surface area contributed by atoms with Gasteiger partial charge in [-0.15, -0.1) is 11.3 Å². The average Bonchev–Trinajstić information content (AvgIpc) is 3.06. The number of benzene rings is 1. The molecule has 2 amide bonds. The number of hydrogen-bond acceptors (Lipinski definition) is 5. The van der Waals surface area contributed by atoms with Crippen LogP contribution in [-0.2, 0) is 22.6 Å². The molecule has 0 fully saturated rings. The van der Waals surface area contributed by atoms with Crippen LogP contribution in [0.4, 0.5) is 5.13 Å². The van der Waals surface area contributed by atoms with Gasteiger partial charge in [-0.05, 0) is 25.6 Å². The lowest BCUT2D eigenvalue weighted by Gasteiger charge is -2.16. The number of nitrogens with one attached hydrogen (secondary N) is 2. The Morgan fingerprint density at radius 1 is 1.22 bits per heavy atom. The smallest absolute Gasteiger partial charge is 0.228 e. The summed E-state index contributed by atoms with van der Waals surface area (Å²) in [6, 6.07) is 10.3. The molecule has 2 aromatic rings. The minimum Gasteiger partial charge on any atom is -0.356 e. The molecule has 2 N–H and O–H groups in total. The van der Waals surface area contributed by atoms with E-state index in [2.05, 4.69) is 39.7 Å². The van der Waals surface area contributed by atoms with Crippen LogP contribution in [0.15, 0.2) is 35.7 Å². The molecule has 1 heterocycles. The Morgan fingerprint density at radius 2 is 1.96 bits per heavy atom. The summed E-state index contributed by atoms with van der Waals surface area (Å²) in [5, 5.41) is 8.03. The number of amides is 2. The first-order valence-corrected chi connectivity index (χ1v) is 10.1. The summed E-state index contributed by atoms with van der Waals surface area (Å²) in [7, 11) is 2.08. The molecular weight excluding hydrogens is 360 g/mol. The highest BCUT2D eigenvalue weighted by atomic mass is 32.1. The Labute approximate surface area is 165 Å². The number of anilines is 1. The Kier molecular flexibility index (Phi) is 8.42. The highest BCUT2D eigenvalue weighted by Gasteiger charge is 2.11.